The van der Waals surface area contributed by atoms with Gasteiger partial charge in [-0.25, -0.2) is 4.79 Å². The van der Waals surface area contributed by atoms with E-state index in [0.29, 0.717) is 0 Å². The number of rotatable bonds is 0. The largest absolute Gasteiger partial charge is 0.443 e. The summed E-state index contributed by atoms with van der Waals surface area (Å²) in [6.07, 6.45) is 0.526. The van der Waals surface area contributed by atoms with Crippen molar-refractivity contribution in [2.45, 2.75) is 45.8 Å². The molecule has 0 saturated carbocycles. The lowest BCUT2D eigenvalue weighted by Crippen LogP contribution is -2.40. The summed E-state index contributed by atoms with van der Waals surface area (Å²) >= 11 is 0. The second-order valence-corrected chi connectivity index (χ2v) is 5.79. The van der Waals surface area contributed by atoms with E-state index < -0.39 is 5.60 Å². The number of amides is 1. The first kappa shape index (κ1) is 12.7. The molecular weight excluding hydrogens is 228 g/mol. The molecule has 2 N–H and O–H groups in total. The Bertz CT molecular complexity index is 477. The number of carbonyl (C=O) groups excluding carboxylic acids is 1. The summed E-state index contributed by atoms with van der Waals surface area (Å²) in [6, 6.07) is 5.74. The average molecular weight is 248 g/mol. The van der Waals surface area contributed by atoms with Gasteiger partial charge >= 0.3 is 6.09 Å². The highest BCUT2D eigenvalue weighted by Gasteiger charge is 2.33. The Kier molecular flexibility index (Phi) is 2.97. The van der Waals surface area contributed by atoms with E-state index in [1.807, 2.05) is 45.9 Å². The summed E-state index contributed by atoms with van der Waals surface area (Å²) in [6.45, 7) is 7.63. The number of ether oxygens (including phenoxy) is 1. The molecule has 2 rings (SSSR count). The lowest BCUT2D eigenvalue weighted by atomic mass is 10.1. The molecule has 1 heterocycles. The maximum Gasteiger partial charge on any atom is 0.415 e. The molecule has 1 aliphatic rings. The summed E-state index contributed by atoms with van der Waals surface area (Å²) in [5.74, 6) is 0. The molecular formula is C14H20N2O2. The van der Waals surface area contributed by atoms with Crippen molar-refractivity contribution in [3.63, 3.8) is 0 Å². The van der Waals surface area contributed by atoms with Crippen molar-refractivity contribution in [2.75, 3.05) is 10.6 Å². The van der Waals surface area contributed by atoms with E-state index in [1.54, 1.807) is 4.90 Å². The van der Waals surface area contributed by atoms with Crippen molar-refractivity contribution < 1.29 is 9.53 Å². The van der Waals surface area contributed by atoms with Crippen LogP contribution in [0.1, 0.15) is 33.3 Å². The van der Waals surface area contributed by atoms with Crippen LogP contribution in [0.5, 0.6) is 0 Å². The Hall–Kier alpha value is -1.71. The quantitative estimate of drug-likeness (QED) is 0.718. The van der Waals surface area contributed by atoms with Gasteiger partial charge in [-0.15, -0.1) is 0 Å². The second kappa shape index (κ2) is 4.19. The van der Waals surface area contributed by atoms with E-state index in [9.17, 15) is 4.79 Å². The fraction of sp³-hybridized carbons (Fsp3) is 0.500. The number of anilines is 2. The molecule has 1 atom stereocenters. The summed E-state index contributed by atoms with van der Waals surface area (Å²) in [5.41, 5.74) is 8.03. The number of nitrogens with zero attached hydrogens (tertiary/aromatic N) is 1. The normalized spacial score (nSPS) is 18.7. The molecule has 18 heavy (non-hydrogen) atoms. The SMILES string of the molecule is C[C@@H]1Cc2cc(N)ccc2N1C(=O)OC(C)(C)C. The number of carbonyl (C=O) groups is 1. The Morgan fingerprint density at radius 2 is 2.11 bits per heavy atom. The highest BCUT2D eigenvalue weighted by Crippen LogP contribution is 2.34. The standard InChI is InChI=1S/C14H20N2O2/c1-9-7-10-8-11(15)5-6-12(10)16(9)13(17)18-14(2,3)4/h5-6,8-9H,7,15H2,1-4H3/t9-/m1/s1. The van der Waals surface area contributed by atoms with Crippen LogP contribution in [0.2, 0.25) is 0 Å². The molecule has 0 fully saturated rings. The Morgan fingerprint density at radius 1 is 1.44 bits per heavy atom. The van der Waals surface area contributed by atoms with Gasteiger partial charge in [0.2, 0.25) is 0 Å². The third-order valence-corrected chi connectivity index (χ3v) is 2.91. The molecule has 1 aliphatic heterocycles. The Labute approximate surface area is 108 Å². The number of nitrogens with two attached hydrogens (primary N) is 1. The van der Waals surface area contributed by atoms with E-state index in [2.05, 4.69) is 0 Å². The first-order chi connectivity index (χ1) is 8.28. The topological polar surface area (TPSA) is 55.6 Å². The predicted molar refractivity (Wildman–Crippen MR) is 72.7 cm³/mol. The molecule has 0 bridgehead atoms. The molecule has 0 saturated heterocycles. The Morgan fingerprint density at radius 3 is 2.72 bits per heavy atom. The second-order valence-electron chi connectivity index (χ2n) is 5.79. The molecule has 4 nitrogen and oxygen atoms in total. The highest BCUT2D eigenvalue weighted by molar-refractivity contribution is 5.91. The van der Waals surface area contributed by atoms with E-state index in [4.69, 9.17) is 10.5 Å². The maximum atomic E-state index is 12.2. The lowest BCUT2D eigenvalue weighted by Gasteiger charge is -2.27. The zero-order valence-electron chi connectivity index (χ0n) is 11.4. The van der Waals surface area contributed by atoms with Crippen LogP contribution >= 0.6 is 0 Å². The predicted octanol–water partition coefficient (Wildman–Crippen LogP) is 2.95. The van der Waals surface area contributed by atoms with Gasteiger partial charge in [0, 0.05) is 11.7 Å². The van der Waals surface area contributed by atoms with Gasteiger partial charge in [0.15, 0.2) is 0 Å². The lowest BCUT2D eigenvalue weighted by molar-refractivity contribution is 0.0572. The fourth-order valence-electron chi connectivity index (χ4n) is 2.24. The summed E-state index contributed by atoms with van der Waals surface area (Å²) < 4.78 is 5.43. The van der Waals surface area contributed by atoms with Crippen molar-refractivity contribution in [1.29, 1.82) is 0 Å². The summed E-state index contributed by atoms with van der Waals surface area (Å²) in [4.78, 5) is 13.9. The van der Waals surface area contributed by atoms with Crippen LogP contribution in [-0.4, -0.2) is 17.7 Å². The maximum absolute atomic E-state index is 12.2. The van der Waals surface area contributed by atoms with Gasteiger partial charge in [-0.05, 0) is 57.9 Å². The van der Waals surface area contributed by atoms with Gasteiger partial charge in [-0.3, -0.25) is 4.90 Å². The van der Waals surface area contributed by atoms with Gasteiger partial charge in [0.05, 0.1) is 5.69 Å². The molecule has 0 unspecified atom stereocenters. The number of nitrogen functional groups attached to an aromatic ring is 1. The third-order valence-electron chi connectivity index (χ3n) is 2.91. The van der Waals surface area contributed by atoms with E-state index in [0.717, 1.165) is 23.4 Å². The van der Waals surface area contributed by atoms with Crippen molar-refractivity contribution in [2.24, 2.45) is 0 Å². The molecule has 0 aliphatic carbocycles. The fourth-order valence-corrected chi connectivity index (χ4v) is 2.24. The number of benzene rings is 1. The molecule has 1 aromatic rings. The smallest absolute Gasteiger partial charge is 0.415 e. The average Bonchev–Trinajstić information content (AvgIpc) is 2.50. The number of hydrogen-bond donors (Lipinski definition) is 1. The molecule has 1 amide bonds. The van der Waals surface area contributed by atoms with Gasteiger partial charge in [0.1, 0.15) is 5.60 Å². The van der Waals surface area contributed by atoms with Crippen LogP contribution in [-0.2, 0) is 11.2 Å². The van der Waals surface area contributed by atoms with E-state index >= 15 is 0 Å². The van der Waals surface area contributed by atoms with E-state index in [1.165, 1.54) is 0 Å². The van der Waals surface area contributed by atoms with Crippen LogP contribution in [0.15, 0.2) is 18.2 Å². The first-order valence-electron chi connectivity index (χ1n) is 6.18. The number of hydrogen-bond acceptors (Lipinski definition) is 3. The highest BCUT2D eigenvalue weighted by atomic mass is 16.6. The molecule has 0 aromatic heterocycles. The van der Waals surface area contributed by atoms with Crippen LogP contribution in [0.3, 0.4) is 0 Å². The first-order valence-corrected chi connectivity index (χ1v) is 6.18. The zero-order chi connectivity index (χ0) is 13.5. The van der Waals surface area contributed by atoms with Gasteiger partial charge in [-0.2, -0.15) is 0 Å². The van der Waals surface area contributed by atoms with Crippen LogP contribution in [0, 0.1) is 0 Å². The van der Waals surface area contributed by atoms with Crippen molar-refractivity contribution >= 4 is 17.5 Å². The minimum atomic E-state index is -0.479. The zero-order valence-corrected chi connectivity index (χ0v) is 11.4. The van der Waals surface area contributed by atoms with Crippen molar-refractivity contribution in [3.05, 3.63) is 23.8 Å². The van der Waals surface area contributed by atoms with Gasteiger partial charge in [0.25, 0.3) is 0 Å². The van der Waals surface area contributed by atoms with Crippen LogP contribution < -0.4 is 10.6 Å². The monoisotopic (exact) mass is 248 g/mol. The molecule has 0 radical (unpaired) electrons. The van der Waals surface area contributed by atoms with Crippen LogP contribution in [0.4, 0.5) is 16.2 Å². The molecule has 98 valence electrons. The summed E-state index contributed by atoms with van der Waals surface area (Å²) in [5, 5.41) is 0. The van der Waals surface area contributed by atoms with Crippen molar-refractivity contribution in [3.8, 4) is 0 Å². The minimum Gasteiger partial charge on any atom is -0.443 e. The summed E-state index contributed by atoms with van der Waals surface area (Å²) in [7, 11) is 0. The Balaban J connectivity index is 2.28. The van der Waals surface area contributed by atoms with Gasteiger partial charge < -0.3 is 10.5 Å². The van der Waals surface area contributed by atoms with Gasteiger partial charge in [-0.1, -0.05) is 0 Å². The molecule has 0 spiro atoms. The molecule has 1 aromatic carbocycles. The minimum absolute atomic E-state index is 0.108. The van der Waals surface area contributed by atoms with Crippen LogP contribution in [0.25, 0.3) is 0 Å². The third kappa shape index (κ3) is 2.42. The molecule has 4 heteroatoms. The van der Waals surface area contributed by atoms with Crippen molar-refractivity contribution in [1.82, 2.24) is 0 Å². The van der Waals surface area contributed by atoms with E-state index in [-0.39, 0.29) is 12.1 Å². The number of fused-ring (bicyclic) bond motifs is 1.